The summed E-state index contributed by atoms with van der Waals surface area (Å²) in [6.07, 6.45) is 3.66. The molecule has 0 bridgehead atoms. The summed E-state index contributed by atoms with van der Waals surface area (Å²) in [4.78, 5) is 6.40. The van der Waals surface area contributed by atoms with E-state index < -0.39 is 0 Å². The maximum absolute atomic E-state index is 4.22. The second kappa shape index (κ2) is 5.88. The van der Waals surface area contributed by atoms with Gasteiger partial charge in [-0.2, -0.15) is 0 Å². The molecule has 0 radical (unpaired) electrons. The second-order valence-corrected chi connectivity index (χ2v) is 5.27. The molecule has 1 aromatic heterocycles. The van der Waals surface area contributed by atoms with Crippen molar-refractivity contribution in [2.75, 3.05) is 4.90 Å². The number of halogens is 1. The number of para-hydroxylation sites is 1. The van der Waals surface area contributed by atoms with Gasteiger partial charge < -0.3 is 4.90 Å². The van der Waals surface area contributed by atoms with Crippen LogP contribution in [0.4, 0.5) is 17.1 Å². The quantitative estimate of drug-likeness (QED) is 0.648. The summed E-state index contributed by atoms with van der Waals surface area (Å²) in [5.41, 5.74) is 3.26. The molecule has 2 nitrogen and oxygen atoms in total. The first kappa shape index (κ1) is 12.9. The van der Waals surface area contributed by atoms with Crippen LogP contribution < -0.4 is 4.90 Å². The lowest BCUT2D eigenvalue weighted by atomic mass is 10.2. The van der Waals surface area contributed by atoms with E-state index >= 15 is 0 Å². The maximum atomic E-state index is 4.22. The first-order valence-electron chi connectivity index (χ1n) is 6.35. The fourth-order valence-corrected chi connectivity index (χ4v) is 2.36. The van der Waals surface area contributed by atoms with Crippen LogP contribution in [0.15, 0.2) is 83.6 Å². The third kappa shape index (κ3) is 2.73. The predicted molar refractivity (Wildman–Crippen MR) is 86.6 cm³/mol. The topological polar surface area (TPSA) is 16.1 Å². The molecule has 98 valence electrons. The predicted octanol–water partition coefficient (Wildman–Crippen LogP) is 5.31. The molecule has 0 N–H and O–H groups in total. The van der Waals surface area contributed by atoms with Crippen molar-refractivity contribution in [3.8, 4) is 0 Å². The Bertz CT molecular complexity index is 627. The molecule has 3 heteroatoms. The Labute approximate surface area is 126 Å². The van der Waals surface area contributed by atoms with Crippen molar-refractivity contribution >= 4 is 33.0 Å². The Morgan fingerprint density at radius 2 is 1.35 bits per heavy atom. The summed E-state index contributed by atoms with van der Waals surface area (Å²) >= 11 is 3.48. The Morgan fingerprint density at radius 1 is 0.700 bits per heavy atom. The van der Waals surface area contributed by atoms with E-state index in [1.165, 1.54) is 0 Å². The van der Waals surface area contributed by atoms with Crippen LogP contribution in [0.25, 0.3) is 0 Å². The zero-order valence-electron chi connectivity index (χ0n) is 10.8. The van der Waals surface area contributed by atoms with E-state index in [0.29, 0.717) is 0 Å². The molecule has 2 aromatic carbocycles. The van der Waals surface area contributed by atoms with Gasteiger partial charge in [0, 0.05) is 22.0 Å². The number of hydrogen-bond acceptors (Lipinski definition) is 2. The van der Waals surface area contributed by atoms with Gasteiger partial charge in [0.2, 0.25) is 0 Å². The number of benzene rings is 2. The van der Waals surface area contributed by atoms with E-state index in [9.17, 15) is 0 Å². The zero-order chi connectivity index (χ0) is 13.8. The summed E-state index contributed by atoms with van der Waals surface area (Å²) in [5.74, 6) is 0. The summed E-state index contributed by atoms with van der Waals surface area (Å²) < 4.78 is 1.07. The molecule has 3 rings (SSSR count). The zero-order valence-corrected chi connectivity index (χ0v) is 12.4. The van der Waals surface area contributed by atoms with Gasteiger partial charge >= 0.3 is 0 Å². The van der Waals surface area contributed by atoms with Gasteiger partial charge in [0.25, 0.3) is 0 Å². The molecule has 0 spiro atoms. The second-order valence-electron chi connectivity index (χ2n) is 4.36. The molecule has 0 fully saturated rings. The van der Waals surface area contributed by atoms with Crippen molar-refractivity contribution in [1.82, 2.24) is 4.98 Å². The largest absolute Gasteiger partial charge is 0.309 e. The van der Waals surface area contributed by atoms with E-state index in [0.717, 1.165) is 21.5 Å². The number of pyridine rings is 1. The summed E-state index contributed by atoms with van der Waals surface area (Å²) in [6, 6.07) is 22.6. The summed E-state index contributed by atoms with van der Waals surface area (Å²) in [7, 11) is 0. The highest BCUT2D eigenvalue weighted by Crippen LogP contribution is 2.33. The Hall–Kier alpha value is -2.13. The van der Waals surface area contributed by atoms with Gasteiger partial charge in [-0.3, -0.25) is 4.98 Å². The van der Waals surface area contributed by atoms with Crippen molar-refractivity contribution in [2.45, 2.75) is 0 Å². The van der Waals surface area contributed by atoms with Gasteiger partial charge in [0.15, 0.2) is 0 Å². The minimum atomic E-state index is 1.04. The van der Waals surface area contributed by atoms with Crippen LogP contribution in [-0.2, 0) is 0 Å². The molecule has 0 aliphatic heterocycles. The van der Waals surface area contributed by atoms with Gasteiger partial charge in [0.05, 0.1) is 11.9 Å². The smallest absolute Gasteiger partial charge is 0.0644 e. The maximum Gasteiger partial charge on any atom is 0.0644 e. The summed E-state index contributed by atoms with van der Waals surface area (Å²) in [5, 5.41) is 0. The lowest BCUT2D eigenvalue weighted by molar-refractivity contribution is 1.23. The van der Waals surface area contributed by atoms with Crippen LogP contribution in [0, 0.1) is 0 Å². The molecular weight excluding hydrogens is 312 g/mol. The molecule has 0 amide bonds. The Balaban J connectivity index is 2.11. The molecule has 0 aliphatic carbocycles. The number of rotatable bonds is 3. The van der Waals surface area contributed by atoms with Crippen LogP contribution >= 0.6 is 15.9 Å². The van der Waals surface area contributed by atoms with E-state index in [4.69, 9.17) is 0 Å². The Kier molecular flexibility index (Phi) is 3.79. The molecule has 0 saturated heterocycles. The SMILES string of the molecule is Brc1ccc(N(c2ccccc2)c2cccnc2)cc1. The number of hydrogen-bond donors (Lipinski definition) is 0. The first-order valence-corrected chi connectivity index (χ1v) is 7.15. The Morgan fingerprint density at radius 3 is 2.00 bits per heavy atom. The van der Waals surface area contributed by atoms with E-state index in [-0.39, 0.29) is 0 Å². The average Bonchev–Trinajstić information content (AvgIpc) is 2.52. The van der Waals surface area contributed by atoms with E-state index in [2.05, 4.69) is 56.1 Å². The van der Waals surface area contributed by atoms with Crippen molar-refractivity contribution in [1.29, 1.82) is 0 Å². The van der Waals surface area contributed by atoms with Crippen LogP contribution in [-0.4, -0.2) is 4.98 Å². The molecule has 0 aliphatic rings. The number of anilines is 3. The number of nitrogens with zero attached hydrogens (tertiary/aromatic N) is 2. The number of aromatic nitrogens is 1. The monoisotopic (exact) mass is 324 g/mol. The molecule has 0 unspecified atom stereocenters. The highest BCUT2D eigenvalue weighted by Gasteiger charge is 2.11. The minimum Gasteiger partial charge on any atom is -0.309 e. The van der Waals surface area contributed by atoms with Crippen LogP contribution in [0.1, 0.15) is 0 Å². The molecule has 20 heavy (non-hydrogen) atoms. The third-order valence-corrected chi connectivity index (χ3v) is 3.53. The molecular formula is C17H13BrN2. The standard InChI is InChI=1S/C17H13BrN2/c18-14-8-10-16(11-9-14)20(15-5-2-1-3-6-15)17-7-4-12-19-13-17/h1-13H. The third-order valence-electron chi connectivity index (χ3n) is 3.00. The van der Waals surface area contributed by atoms with Gasteiger partial charge in [-0.1, -0.05) is 34.1 Å². The van der Waals surface area contributed by atoms with Gasteiger partial charge in [0.1, 0.15) is 0 Å². The van der Waals surface area contributed by atoms with Crippen LogP contribution in [0.3, 0.4) is 0 Å². The highest BCUT2D eigenvalue weighted by atomic mass is 79.9. The fourth-order valence-electron chi connectivity index (χ4n) is 2.10. The van der Waals surface area contributed by atoms with Crippen LogP contribution in [0.2, 0.25) is 0 Å². The molecule has 0 saturated carbocycles. The average molecular weight is 325 g/mol. The van der Waals surface area contributed by atoms with Gasteiger partial charge in [-0.15, -0.1) is 0 Å². The van der Waals surface area contributed by atoms with E-state index in [1.807, 2.05) is 42.6 Å². The van der Waals surface area contributed by atoms with Gasteiger partial charge in [-0.05, 0) is 48.5 Å². The molecule has 3 aromatic rings. The lowest BCUT2D eigenvalue weighted by Gasteiger charge is -2.24. The van der Waals surface area contributed by atoms with Crippen LogP contribution in [0.5, 0.6) is 0 Å². The summed E-state index contributed by atoms with van der Waals surface area (Å²) in [6.45, 7) is 0. The van der Waals surface area contributed by atoms with Crippen molar-refractivity contribution < 1.29 is 0 Å². The van der Waals surface area contributed by atoms with Crippen molar-refractivity contribution in [2.24, 2.45) is 0 Å². The van der Waals surface area contributed by atoms with Crippen molar-refractivity contribution in [3.05, 3.63) is 83.6 Å². The highest BCUT2D eigenvalue weighted by molar-refractivity contribution is 9.10. The van der Waals surface area contributed by atoms with Gasteiger partial charge in [-0.25, -0.2) is 0 Å². The van der Waals surface area contributed by atoms with E-state index in [1.54, 1.807) is 6.20 Å². The normalized spacial score (nSPS) is 10.2. The van der Waals surface area contributed by atoms with Crippen molar-refractivity contribution in [3.63, 3.8) is 0 Å². The molecule has 0 atom stereocenters. The fraction of sp³-hybridized carbons (Fsp3) is 0. The first-order chi connectivity index (χ1) is 9.84. The lowest BCUT2D eigenvalue weighted by Crippen LogP contribution is -2.09. The minimum absolute atomic E-state index is 1.04. The molecule has 1 heterocycles.